The lowest BCUT2D eigenvalue weighted by Gasteiger charge is -2.28. The highest BCUT2D eigenvalue weighted by Crippen LogP contribution is 2.41. The van der Waals surface area contributed by atoms with Crippen LogP contribution in [-0.2, 0) is 17.4 Å². The first-order valence-corrected chi connectivity index (χ1v) is 13.6. The highest BCUT2D eigenvalue weighted by Gasteiger charge is 2.40. The summed E-state index contributed by atoms with van der Waals surface area (Å²) in [5.41, 5.74) is 3.54. The summed E-state index contributed by atoms with van der Waals surface area (Å²) in [6.45, 7) is 15.4. The molecule has 2 N–H and O–H groups in total. The molecule has 1 saturated heterocycles. The molecule has 1 aliphatic rings. The number of phenols is 1. The Kier molecular flexibility index (Phi) is 8.72. The van der Waals surface area contributed by atoms with E-state index in [1.54, 1.807) is 0 Å². The van der Waals surface area contributed by atoms with Crippen molar-refractivity contribution in [2.24, 2.45) is 9.94 Å². The molecular formula is C30H41BrN2O3. The van der Waals surface area contributed by atoms with E-state index in [0.717, 1.165) is 47.5 Å². The van der Waals surface area contributed by atoms with E-state index in [-0.39, 0.29) is 41.4 Å². The van der Waals surface area contributed by atoms with E-state index in [2.05, 4.69) is 79.6 Å². The number of aliphatic hydroxyl groups excluding tert-OH is 1. The van der Waals surface area contributed by atoms with Crippen molar-refractivity contribution in [2.45, 2.75) is 84.7 Å². The summed E-state index contributed by atoms with van der Waals surface area (Å²) in [5, 5.41) is 21.0. The van der Waals surface area contributed by atoms with Gasteiger partial charge >= 0.3 is 0 Å². The minimum atomic E-state index is -0.304. The van der Waals surface area contributed by atoms with Crippen molar-refractivity contribution in [1.29, 1.82) is 0 Å². The van der Waals surface area contributed by atoms with Crippen LogP contribution in [0.2, 0.25) is 0 Å². The summed E-state index contributed by atoms with van der Waals surface area (Å²) in [5.74, 6) is 1.41. The van der Waals surface area contributed by atoms with E-state index in [0.29, 0.717) is 11.5 Å². The number of nitrogens with zero attached hydrogens (tertiary/aromatic N) is 2. The Hall–Kier alpha value is -2.18. The van der Waals surface area contributed by atoms with Gasteiger partial charge < -0.3 is 15.1 Å². The number of carbonyl (C=O) groups is 1. The molecule has 0 spiro atoms. The standard InChI is InChI=1S/C30H41BrN2O3/c1-8-11-19-16-33(28(32-31)26(19)22-13-10-9-12-20(22)18-34)17-25(35)21-14-23(29(2,3)4)27(36)24(15-21)30(5,6)7/h9-10,12-15,19,26,34,36H,8,11,16-18H2,1-7H3/t19-,26-/m0/s1. The van der Waals surface area contributed by atoms with Gasteiger partial charge in [-0.05, 0) is 46.4 Å². The number of halogens is 1. The second-order valence-electron chi connectivity index (χ2n) is 12.0. The second-order valence-corrected chi connectivity index (χ2v) is 12.4. The fraction of sp³-hybridized carbons (Fsp3) is 0.533. The number of rotatable bonds is 7. The van der Waals surface area contributed by atoms with Gasteiger partial charge in [-0.2, -0.15) is 4.02 Å². The van der Waals surface area contributed by atoms with Gasteiger partial charge in [0.2, 0.25) is 0 Å². The molecule has 1 fully saturated rings. The van der Waals surface area contributed by atoms with E-state index >= 15 is 0 Å². The van der Waals surface area contributed by atoms with Gasteiger partial charge in [0.25, 0.3) is 0 Å². The fourth-order valence-corrected chi connectivity index (χ4v) is 5.79. The Morgan fingerprint density at radius 1 is 1.08 bits per heavy atom. The van der Waals surface area contributed by atoms with Gasteiger partial charge in [0.15, 0.2) is 5.78 Å². The molecule has 196 valence electrons. The Bertz CT molecular complexity index is 1090. The molecule has 2 aromatic rings. The van der Waals surface area contributed by atoms with Crippen molar-refractivity contribution in [1.82, 2.24) is 4.90 Å². The van der Waals surface area contributed by atoms with E-state index in [4.69, 9.17) is 0 Å². The van der Waals surface area contributed by atoms with Crippen LogP contribution >= 0.6 is 16.1 Å². The first-order chi connectivity index (χ1) is 16.8. The lowest BCUT2D eigenvalue weighted by Crippen LogP contribution is -2.33. The van der Waals surface area contributed by atoms with Crippen molar-refractivity contribution in [3.8, 4) is 5.75 Å². The van der Waals surface area contributed by atoms with Crippen molar-refractivity contribution < 1.29 is 15.0 Å². The van der Waals surface area contributed by atoms with Gasteiger partial charge in [0.1, 0.15) is 11.6 Å². The maximum Gasteiger partial charge on any atom is 0.182 e. The lowest BCUT2D eigenvalue weighted by molar-refractivity contribution is 0.0963. The van der Waals surface area contributed by atoms with Gasteiger partial charge in [0, 0.05) is 29.2 Å². The first kappa shape index (κ1) is 28.4. The normalized spacial score (nSPS) is 19.8. The molecule has 0 bridgehead atoms. The molecule has 5 nitrogen and oxygen atoms in total. The Balaban J connectivity index is 2.01. The van der Waals surface area contributed by atoms with Crippen LogP contribution in [0, 0.1) is 5.92 Å². The third-order valence-electron chi connectivity index (χ3n) is 7.22. The van der Waals surface area contributed by atoms with E-state index in [1.165, 1.54) is 0 Å². The van der Waals surface area contributed by atoms with E-state index < -0.39 is 0 Å². The third kappa shape index (κ3) is 5.86. The van der Waals surface area contributed by atoms with Crippen LogP contribution in [-0.4, -0.2) is 39.8 Å². The molecule has 2 aromatic carbocycles. The molecule has 1 heterocycles. The number of carbonyl (C=O) groups excluding carboxylic acids is 1. The first-order valence-electron chi connectivity index (χ1n) is 12.9. The third-order valence-corrected chi connectivity index (χ3v) is 7.58. The van der Waals surface area contributed by atoms with Crippen molar-refractivity contribution in [2.75, 3.05) is 13.1 Å². The van der Waals surface area contributed by atoms with Gasteiger partial charge in [-0.25, -0.2) is 0 Å². The highest BCUT2D eigenvalue weighted by molar-refractivity contribution is 9.08. The number of aromatic hydroxyl groups is 1. The summed E-state index contributed by atoms with van der Waals surface area (Å²) < 4.78 is 4.49. The molecule has 0 saturated carbocycles. The topological polar surface area (TPSA) is 73.1 Å². The zero-order chi connectivity index (χ0) is 26.8. The van der Waals surface area contributed by atoms with Crippen LogP contribution in [0.3, 0.4) is 0 Å². The Morgan fingerprint density at radius 3 is 2.17 bits per heavy atom. The zero-order valence-corrected chi connectivity index (χ0v) is 24.3. The molecule has 2 atom stereocenters. The Morgan fingerprint density at radius 2 is 1.67 bits per heavy atom. The summed E-state index contributed by atoms with van der Waals surface area (Å²) in [7, 11) is 0. The number of benzene rings is 2. The second kappa shape index (κ2) is 11.1. The van der Waals surface area contributed by atoms with Crippen LogP contribution in [0.15, 0.2) is 40.4 Å². The van der Waals surface area contributed by atoms with Crippen LogP contribution in [0.5, 0.6) is 5.75 Å². The van der Waals surface area contributed by atoms with Crippen LogP contribution in [0.1, 0.15) is 99.8 Å². The summed E-state index contributed by atoms with van der Waals surface area (Å²) >= 11 is 3.35. The smallest absolute Gasteiger partial charge is 0.182 e. The number of likely N-dealkylation sites (tertiary alicyclic amines) is 1. The molecule has 6 heteroatoms. The SMILES string of the molecule is CCC[C@H]1CN(CC(=O)c2cc(C(C)(C)C)c(O)c(C(C)(C)C)c2)C(=NBr)[C@@H]1c1ccccc1CO. The molecule has 0 aromatic heterocycles. The fourth-order valence-electron chi connectivity index (χ4n) is 5.35. The van der Waals surface area contributed by atoms with Gasteiger partial charge in [0.05, 0.1) is 29.3 Å². The highest BCUT2D eigenvalue weighted by atomic mass is 79.9. The molecule has 1 aliphatic heterocycles. The van der Waals surface area contributed by atoms with Crippen molar-refractivity contribution >= 4 is 27.8 Å². The van der Waals surface area contributed by atoms with Crippen molar-refractivity contribution in [3.63, 3.8) is 0 Å². The number of hydrogen-bond donors (Lipinski definition) is 2. The minimum Gasteiger partial charge on any atom is -0.507 e. The summed E-state index contributed by atoms with van der Waals surface area (Å²) in [4.78, 5) is 15.8. The van der Waals surface area contributed by atoms with Gasteiger partial charge in [-0.3, -0.25) is 4.79 Å². The van der Waals surface area contributed by atoms with Gasteiger partial charge in [-0.15, -0.1) is 0 Å². The van der Waals surface area contributed by atoms with Crippen molar-refractivity contribution in [3.05, 3.63) is 64.2 Å². The minimum absolute atomic E-state index is 0.00555. The van der Waals surface area contributed by atoms with Crippen LogP contribution in [0.4, 0.5) is 0 Å². The molecule has 3 rings (SSSR count). The maximum atomic E-state index is 13.7. The number of hydrogen-bond acceptors (Lipinski definition) is 4. The van der Waals surface area contributed by atoms with E-state index in [9.17, 15) is 15.0 Å². The summed E-state index contributed by atoms with van der Waals surface area (Å²) in [6.07, 6.45) is 2.03. The largest absolute Gasteiger partial charge is 0.507 e. The number of aliphatic hydroxyl groups is 1. The quantitative estimate of drug-likeness (QED) is 0.364. The Labute approximate surface area is 225 Å². The molecule has 0 aliphatic carbocycles. The van der Waals surface area contributed by atoms with Gasteiger partial charge in [-0.1, -0.05) is 79.2 Å². The van der Waals surface area contributed by atoms with E-state index in [1.807, 2.05) is 30.3 Å². The number of ketones is 1. The predicted molar refractivity (Wildman–Crippen MR) is 151 cm³/mol. The zero-order valence-electron chi connectivity index (χ0n) is 22.7. The molecule has 36 heavy (non-hydrogen) atoms. The average Bonchev–Trinajstić information content (AvgIpc) is 3.14. The lowest BCUT2D eigenvalue weighted by atomic mass is 9.78. The average molecular weight is 558 g/mol. The number of amidine groups is 1. The molecule has 0 unspecified atom stereocenters. The monoisotopic (exact) mass is 556 g/mol. The molecule has 0 amide bonds. The molecular weight excluding hydrogens is 516 g/mol. The summed E-state index contributed by atoms with van der Waals surface area (Å²) in [6, 6.07) is 11.7. The maximum absolute atomic E-state index is 13.7. The number of Topliss-reactive ketones (excluding diaryl/α,β-unsaturated/α-hetero) is 1. The van der Waals surface area contributed by atoms with Crippen LogP contribution in [0.25, 0.3) is 0 Å². The number of phenolic OH excluding ortho intramolecular Hbond substituents is 1. The van der Waals surface area contributed by atoms with Crippen LogP contribution < -0.4 is 0 Å². The predicted octanol–water partition coefficient (Wildman–Crippen LogP) is 6.89. The molecule has 0 radical (unpaired) electrons.